The molecular weight excluding hydrogens is 388 g/mol. The second-order valence-corrected chi connectivity index (χ2v) is 10.7. The quantitative estimate of drug-likeness (QED) is 0.625. The van der Waals surface area contributed by atoms with Crippen LogP contribution in [0.25, 0.3) is 0 Å². The summed E-state index contributed by atoms with van der Waals surface area (Å²) in [4.78, 5) is 13.1. The number of carbonyl (C=O) groups is 1. The zero-order chi connectivity index (χ0) is 22.3. The first-order valence-corrected chi connectivity index (χ1v) is 12.1. The summed E-state index contributed by atoms with van der Waals surface area (Å²) in [6.45, 7) is 6.76. The van der Waals surface area contributed by atoms with Crippen LogP contribution in [0.2, 0.25) is 0 Å². The zero-order valence-electron chi connectivity index (χ0n) is 19.9. The number of ether oxygens (including phenoxy) is 2. The highest BCUT2D eigenvalue weighted by molar-refractivity contribution is 5.93. The summed E-state index contributed by atoms with van der Waals surface area (Å²) in [5.74, 6) is 1.59. The van der Waals surface area contributed by atoms with Crippen LogP contribution in [0.15, 0.2) is 34.9 Å². The highest BCUT2D eigenvalue weighted by atomic mass is 16.5. The minimum Gasteiger partial charge on any atom is -0.393 e. The molecule has 2 saturated carbocycles. The first kappa shape index (κ1) is 22.9. The van der Waals surface area contributed by atoms with Gasteiger partial charge in [-0.3, -0.25) is 4.79 Å². The van der Waals surface area contributed by atoms with Gasteiger partial charge in [0.15, 0.2) is 5.78 Å². The SMILES string of the molecule is CO[C@@H](C=C(C)[C@H]1CC[C@H]2C3=CC(=O)[C@H]4CC(=CC[C@H](O)C4)[C@H]3CC[C@]12C)[C@@H](C)OC. The van der Waals surface area contributed by atoms with Crippen LogP contribution in [0.4, 0.5) is 0 Å². The lowest BCUT2D eigenvalue weighted by atomic mass is 9.58. The molecule has 172 valence electrons. The molecule has 8 atom stereocenters. The van der Waals surface area contributed by atoms with E-state index >= 15 is 0 Å². The smallest absolute Gasteiger partial charge is 0.159 e. The maximum atomic E-state index is 13.1. The van der Waals surface area contributed by atoms with Crippen molar-refractivity contribution in [3.8, 4) is 0 Å². The number of allylic oxidation sites excluding steroid dienone is 4. The van der Waals surface area contributed by atoms with Gasteiger partial charge in [0.2, 0.25) is 0 Å². The van der Waals surface area contributed by atoms with Crippen LogP contribution in [-0.4, -0.2) is 43.4 Å². The van der Waals surface area contributed by atoms with E-state index in [2.05, 4.69) is 32.9 Å². The Labute approximate surface area is 187 Å². The lowest BCUT2D eigenvalue weighted by Gasteiger charge is -2.46. The lowest BCUT2D eigenvalue weighted by molar-refractivity contribution is -0.119. The lowest BCUT2D eigenvalue weighted by Crippen LogP contribution is -2.38. The average molecular weight is 429 g/mol. The van der Waals surface area contributed by atoms with Crippen molar-refractivity contribution in [3.63, 3.8) is 0 Å². The molecule has 0 aromatic carbocycles. The fourth-order valence-corrected chi connectivity index (χ4v) is 7.20. The molecular formula is C27H40O4. The summed E-state index contributed by atoms with van der Waals surface area (Å²) in [6.07, 6.45) is 12.9. The van der Waals surface area contributed by atoms with Crippen LogP contribution < -0.4 is 0 Å². The van der Waals surface area contributed by atoms with E-state index in [1.807, 2.05) is 6.08 Å². The summed E-state index contributed by atoms with van der Waals surface area (Å²) in [5.41, 5.74) is 4.40. The molecule has 0 radical (unpaired) electrons. The number of aliphatic hydroxyl groups is 1. The standard InChI is InChI=1S/C27H40O4/c1-16(12-26(31-5)17(2)30-4)23-8-9-24-22-15-25(29)19-13-18(6-7-20(28)14-19)21(22)10-11-27(23,24)3/h6,12,15,17,19-21,23-24,26,28H,7-11,13-14H2,1-5H3/t17-,19+,20+,21-,23-,24+,26+,27-/m1/s1. The van der Waals surface area contributed by atoms with E-state index in [9.17, 15) is 9.90 Å². The molecule has 0 heterocycles. The van der Waals surface area contributed by atoms with Crippen molar-refractivity contribution in [2.75, 3.05) is 14.2 Å². The van der Waals surface area contributed by atoms with Crippen LogP contribution in [-0.2, 0) is 14.3 Å². The fraction of sp³-hybridized carbons (Fsp3) is 0.741. The third-order valence-electron chi connectivity index (χ3n) is 9.05. The summed E-state index contributed by atoms with van der Waals surface area (Å²) in [6, 6.07) is 0. The maximum Gasteiger partial charge on any atom is 0.159 e. The van der Waals surface area contributed by atoms with E-state index in [1.165, 1.54) is 29.6 Å². The van der Waals surface area contributed by atoms with Gasteiger partial charge in [-0.15, -0.1) is 0 Å². The largest absolute Gasteiger partial charge is 0.393 e. The number of hydrogen-bond acceptors (Lipinski definition) is 4. The third kappa shape index (κ3) is 4.12. The molecule has 0 amide bonds. The predicted octanol–water partition coefficient (Wildman–Crippen LogP) is 5.02. The van der Waals surface area contributed by atoms with Gasteiger partial charge >= 0.3 is 0 Å². The molecule has 4 aliphatic carbocycles. The number of rotatable bonds is 5. The van der Waals surface area contributed by atoms with Crippen molar-refractivity contribution in [2.24, 2.45) is 29.1 Å². The van der Waals surface area contributed by atoms with Gasteiger partial charge in [-0.25, -0.2) is 0 Å². The number of ketones is 1. The van der Waals surface area contributed by atoms with Crippen molar-refractivity contribution < 1.29 is 19.4 Å². The van der Waals surface area contributed by atoms with Gasteiger partial charge in [0.1, 0.15) is 6.10 Å². The topological polar surface area (TPSA) is 55.8 Å². The third-order valence-corrected chi connectivity index (χ3v) is 9.05. The summed E-state index contributed by atoms with van der Waals surface area (Å²) >= 11 is 0. The Hall–Kier alpha value is -1.23. The number of carbonyl (C=O) groups excluding carboxylic acids is 1. The minimum absolute atomic E-state index is 0.0217. The highest BCUT2D eigenvalue weighted by Gasteiger charge is 2.53. The van der Waals surface area contributed by atoms with Crippen molar-refractivity contribution >= 4 is 5.78 Å². The first-order valence-electron chi connectivity index (χ1n) is 12.1. The van der Waals surface area contributed by atoms with Crippen molar-refractivity contribution in [1.82, 2.24) is 0 Å². The second-order valence-electron chi connectivity index (χ2n) is 10.7. The maximum absolute atomic E-state index is 13.1. The Morgan fingerprint density at radius 2 is 2.03 bits per heavy atom. The predicted molar refractivity (Wildman–Crippen MR) is 123 cm³/mol. The van der Waals surface area contributed by atoms with E-state index in [4.69, 9.17) is 9.47 Å². The van der Waals surface area contributed by atoms with Crippen LogP contribution in [0.3, 0.4) is 0 Å². The molecule has 0 saturated heterocycles. The Kier molecular flexibility index (Phi) is 6.63. The Morgan fingerprint density at radius 3 is 2.74 bits per heavy atom. The Morgan fingerprint density at radius 1 is 1.26 bits per heavy atom. The van der Waals surface area contributed by atoms with E-state index in [-0.39, 0.29) is 35.4 Å². The fourth-order valence-electron chi connectivity index (χ4n) is 7.20. The minimum atomic E-state index is -0.373. The monoisotopic (exact) mass is 428 g/mol. The number of aliphatic hydroxyl groups excluding tert-OH is 1. The molecule has 0 spiro atoms. The summed E-state index contributed by atoms with van der Waals surface area (Å²) in [5, 5.41) is 10.2. The van der Waals surface area contributed by atoms with E-state index < -0.39 is 0 Å². The van der Waals surface area contributed by atoms with Gasteiger partial charge < -0.3 is 14.6 Å². The van der Waals surface area contributed by atoms with Crippen LogP contribution >= 0.6 is 0 Å². The summed E-state index contributed by atoms with van der Waals surface area (Å²) < 4.78 is 11.2. The molecule has 1 N–H and O–H groups in total. The van der Waals surface area contributed by atoms with E-state index in [1.54, 1.807) is 14.2 Å². The van der Waals surface area contributed by atoms with Crippen LogP contribution in [0.5, 0.6) is 0 Å². The first-order chi connectivity index (χ1) is 14.8. The van der Waals surface area contributed by atoms with E-state index in [0.717, 1.165) is 19.3 Å². The molecule has 0 aromatic rings. The van der Waals surface area contributed by atoms with Gasteiger partial charge in [-0.2, -0.15) is 0 Å². The van der Waals surface area contributed by atoms with Crippen molar-refractivity contribution in [2.45, 2.75) is 84.0 Å². The normalized spacial score (nSPS) is 40.1. The average Bonchev–Trinajstić information content (AvgIpc) is 2.90. The van der Waals surface area contributed by atoms with Gasteiger partial charge in [-0.05, 0) is 82.1 Å². The van der Waals surface area contributed by atoms with Gasteiger partial charge in [0.25, 0.3) is 0 Å². The molecule has 4 heteroatoms. The molecule has 2 fully saturated rings. The second kappa shape index (κ2) is 8.96. The molecule has 4 aliphatic rings. The van der Waals surface area contributed by atoms with Crippen LogP contribution in [0.1, 0.15) is 65.7 Å². The summed E-state index contributed by atoms with van der Waals surface area (Å²) in [7, 11) is 3.48. The number of hydrogen-bond donors (Lipinski definition) is 1. The van der Waals surface area contributed by atoms with Gasteiger partial charge in [-0.1, -0.05) is 35.8 Å². The van der Waals surface area contributed by atoms with Gasteiger partial charge in [0.05, 0.1) is 12.2 Å². The highest BCUT2D eigenvalue weighted by Crippen LogP contribution is 2.62. The van der Waals surface area contributed by atoms with Crippen molar-refractivity contribution in [1.29, 1.82) is 0 Å². The molecule has 4 nitrogen and oxygen atoms in total. The zero-order valence-corrected chi connectivity index (χ0v) is 19.9. The molecule has 0 aromatic heterocycles. The number of methoxy groups -OCH3 is 2. The van der Waals surface area contributed by atoms with Crippen molar-refractivity contribution in [3.05, 3.63) is 34.9 Å². The Bertz CT molecular complexity index is 793. The van der Waals surface area contributed by atoms with Gasteiger partial charge in [0, 0.05) is 26.1 Å². The number of fused-ring (bicyclic) bond motifs is 6. The molecule has 0 unspecified atom stereocenters. The molecule has 4 rings (SSSR count). The van der Waals surface area contributed by atoms with Crippen LogP contribution in [0, 0.1) is 29.1 Å². The molecule has 0 aliphatic heterocycles. The molecule has 31 heavy (non-hydrogen) atoms. The Balaban J connectivity index is 1.63. The molecule has 2 bridgehead atoms. The van der Waals surface area contributed by atoms with E-state index in [0.29, 0.717) is 30.6 Å².